The Hall–Kier alpha value is -4.26. The maximum Gasteiger partial charge on any atom is 0.270 e. The van der Waals surface area contributed by atoms with E-state index in [-0.39, 0.29) is 11.6 Å². The first-order valence-corrected chi connectivity index (χ1v) is 10.4. The number of halogens is 1. The molecular formula is C26H22FN3O3. The van der Waals surface area contributed by atoms with E-state index in [1.807, 2.05) is 30.3 Å². The standard InChI is InChI=1S/C26H22FN3O3/c27-20-13-11-19(12-14-20)23(26(32)29-17-18-7-2-1-3-8-18)24(22-10-6-16-33-22)30-25(31)21-9-4-5-15-28-21/h1-16,23-24H,17H2,(H,29,32)(H,30,31). The van der Waals surface area contributed by atoms with E-state index in [0.29, 0.717) is 17.9 Å². The zero-order chi connectivity index (χ0) is 23.0. The summed E-state index contributed by atoms with van der Waals surface area (Å²) in [5.41, 5.74) is 1.66. The van der Waals surface area contributed by atoms with E-state index in [2.05, 4.69) is 15.6 Å². The molecule has 4 rings (SSSR count). The number of hydrogen-bond donors (Lipinski definition) is 2. The Morgan fingerprint density at radius 3 is 2.33 bits per heavy atom. The fourth-order valence-electron chi connectivity index (χ4n) is 3.56. The predicted octanol–water partition coefficient (Wildman–Crippen LogP) is 4.39. The van der Waals surface area contributed by atoms with Crippen molar-refractivity contribution in [2.24, 2.45) is 0 Å². The molecule has 33 heavy (non-hydrogen) atoms. The summed E-state index contributed by atoms with van der Waals surface area (Å²) < 4.78 is 19.2. The van der Waals surface area contributed by atoms with Crippen molar-refractivity contribution < 1.29 is 18.4 Å². The highest BCUT2D eigenvalue weighted by Gasteiger charge is 2.34. The van der Waals surface area contributed by atoms with Crippen molar-refractivity contribution in [1.82, 2.24) is 15.6 Å². The molecule has 4 aromatic rings. The predicted molar refractivity (Wildman–Crippen MR) is 121 cm³/mol. The molecule has 0 bridgehead atoms. The van der Waals surface area contributed by atoms with E-state index in [0.717, 1.165) is 5.56 Å². The van der Waals surface area contributed by atoms with Gasteiger partial charge in [0.2, 0.25) is 5.91 Å². The first-order chi connectivity index (χ1) is 16.1. The fourth-order valence-corrected chi connectivity index (χ4v) is 3.56. The van der Waals surface area contributed by atoms with Crippen LogP contribution in [0, 0.1) is 5.82 Å². The van der Waals surface area contributed by atoms with Crippen LogP contribution in [0.15, 0.2) is 102 Å². The molecule has 0 aliphatic rings. The van der Waals surface area contributed by atoms with E-state index in [4.69, 9.17) is 4.42 Å². The van der Waals surface area contributed by atoms with Crippen molar-refractivity contribution in [3.8, 4) is 0 Å². The molecule has 0 saturated carbocycles. The van der Waals surface area contributed by atoms with Gasteiger partial charge >= 0.3 is 0 Å². The lowest BCUT2D eigenvalue weighted by molar-refractivity contribution is -0.123. The molecule has 2 amide bonds. The third-order valence-corrected chi connectivity index (χ3v) is 5.19. The van der Waals surface area contributed by atoms with Gasteiger partial charge in [0.15, 0.2) is 0 Å². The quantitative estimate of drug-likeness (QED) is 0.423. The van der Waals surface area contributed by atoms with Gasteiger partial charge in [0, 0.05) is 12.7 Å². The lowest BCUT2D eigenvalue weighted by Crippen LogP contribution is -2.40. The molecule has 6 nitrogen and oxygen atoms in total. The summed E-state index contributed by atoms with van der Waals surface area (Å²) in [7, 11) is 0. The number of carbonyl (C=O) groups is 2. The summed E-state index contributed by atoms with van der Waals surface area (Å²) in [6, 6.07) is 22.6. The van der Waals surface area contributed by atoms with Gasteiger partial charge in [-0.1, -0.05) is 48.5 Å². The van der Waals surface area contributed by atoms with Crippen LogP contribution in [0.3, 0.4) is 0 Å². The fraction of sp³-hybridized carbons (Fsp3) is 0.115. The van der Waals surface area contributed by atoms with Crippen LogP contribution in [0.2, 0.25) is 0 Å². The second-order valence-corrected chi connectivity index (χ2v) is 7.41. The number of furan rings is 1. The lowest BCUT2D eigenvalue weighted by atomic mass is 9.88. The average Bonchev–Trinajstić information content (AvgIpc) is 3.39. The number of hydrogen-bond acceptors (Lipinski definition) is 4. The van der Waals surface area contributed by atoms with E-state index in [9.17, 15) is 14.0 Å². The zero-order valence-electron chi connectivity index (χ0n) is 17.6. The average molecular weight is 443 g/mol. The largest absolute Gasteiger partial charge is 0.467 e. The number of pyridine rings is 1. The van der Waals surface area contributed by atoms with Gasteiger partial charge in [0.05, 0.1) is 12.2 Å². The van der Waals surface area contributed by atoms with Crippen LogP contribution >= 0.6 is 0 Å². The van der Waals surface area contributed by atoms with Gasteiger partial charge in [0.1, 0.15) is 23.3 Å². The first-order valence-electron chi connectivity index (χ1n) is 10.4. The summed E-state index contributed by atoms with van der Waals surface area (Å²) in [6.07, 6.45) is 2.99. The first kappa shape index (κ1) is 22.0. The monoisotopic (exact) mass is 443 g/mol. The molecule has 2 heterocycles. The topological polar surface area (TPSA) is 84.2 Å². The summed E-state index contributed by atoms with van der Waals surface area (Å²) in [6.45, 7) is 0.302. The minimum Gasteiger partial charge on any atom is -0.467 e. The van der Waals surface area contributed by atoms with Crippen LogP contribution in [0.1, 0.15) is 39.3 Å². The Balaban J connectivity index is 1.67. The molecule has 166 valence electrons. The Kier molecular flexibility index (Phi) is 6.90. The van der Waals surface area contributed by atoms with Crippen LogP contribution in [0.4, 0.5) is 4.39 Å². The van der Waals surface area contributed by atoms with Crippen LogP contribution in [-0.4, -0.2) is 16.8 Å². The highest BCUT2D eigenvalue weighted by molar-refractivity contribution is 5.93. The Bertz CT molecular complexity index is 1180. The highest BCUT2D eigenvalue weighted by atomic mass is 19.1. The molecular weight excluding hydrogens is 421 g/mol. The Labute approximate surface area is 190 Å². The molecule has 2 aromatic carbocycles. The molecule has 0 spiro atoms. The van der Waals surface area contributed by atoms with E-state index in [1.54, 1.807) is 30.3 Å². The second-order valence-electron chi connectivity index (χ2n) is 7.41. The van der Waals surface area contributed by atoms with Crippen molar-refractivity contribution in [1.29, 1.82) is 0 Å². The van der Waals surface area contributed by atoms with Crippen LogP contribution < -0.4 is 10.6 Å². The van der Waals surface area contributed by atoms with Gasteiger partial charge in [0.25, 0.3) is 5.91 Å². The lowest BCUT2D eigenvalue weighted by Gasteiger charge is -2.26. The number of carbonyl (C=O) groups excluding carboxylic acids is 2. The van der Waals surface area contributed by atoms with Crippen molar-refractivity contribution >= 4 is 11.8 Å². The third-order valence-electron chi connectivity index (χ3n) is 5.19. The summed E-state index contributed by atoms with van der Waals surface area (Å²) in [5.74, 6) is -1.71. The smallest absolute Gasteiger partial charge is 0.270 e. The molecule has 7 heteroatoms. The highest BCUT2D eigenvalue weighted by Crippen LogP contribution is 2.32. The summed E-state index contributed by atoms with van der Waals surface area (Å²) >= 11 is 0. The number of aromatic nitrogens is 1. The third kappa shape index (κ3) is 5.51. The Morgan fingerprint density at radius 2 is 1.67 bits per heavy atom. The van der Waals surface area contributed by atoms with E-state index in [1.165, 1.54) is 36.7 Å². The molecule has 2 N–H and O–H groups in total. The normalized spacial score (nSPS) is 12.5. The van der Waals surface area contributed by atoms with Gasteiger partial charge in [-0.15, -0.1) is 0 Å². The zero-order valence-corrected chi connectivity index (χ0v) is 17.6. The maximum atomic E-state index is 13.6. The van der Waals surface area contributed by atoms with Crippen LogP contribution in [0.25, 0.3) is 0 Å². The molecule has 2 aromatic heterocycles. The van der Waals surface area contributed by atoms with Gasteiger partial charge in [-0.25, -0.2) is 4.39 Å². The summed E-state index contributed by atoms with van der Waals surface area (Å²) in [5, 5.41) is 5.80. The van der Waals surface area contributed by atoms with Crippen molar-refractivity contribution in [2.75, 3.05) is 0 Å². The van der Waals surface area contributed by atoms with Gasteiger partial charge < -0.3 is 15.1 Å². The molecule has 2 unspecified atom stereocenters. The van der Waals surface area contributed by atoms with Crippen molar-refractivity contribution in [3.05, 3.63) is 126 Å². The van der Waals surface area contributed by atoms with Crippen LogP contribution in [-0.2, 0) is 11.3 Å². The molecule has 2 atom stereocenters. The molecule has 0 fully saturated rings. The van der Waals surface area contributed by atoms with E-state index >= 15 is 0 Å². The molecule has 0 aliphatic carbocycles. The maximum absolute atomic E-state index is 13.6. The minimum absolute atomic E-state index is 0.205. The van der Waals surface area contributed by atoms with Gasteiger partial charge in [-0.05, 0) is 47.5 Å². The number of amides is 2. The Morgan fingerprint density at radius 1 is 0.909 bits per heavy atom. The number of benzene rings is 2. The van der Waals surface area contributed by atoms with Crippen molar-refractivity contribution in [2.45, 2.75) is 18.5 Å². The summed E-state index contributed by atoms with van der Waals surface area (Å²) in [4.78, 5) is 30.5. The van der Waals surface area contributed by atoms with Crippen molar-refractivity contribution in [3.63, 3.8) is 0 Å². The number of rotatable bonds is 8. The molecule has 0 aliphatic heterocycles. The minimum atomic E-state index is -0.881. The SMILES string of the molecule is O=C(NC(c1ccco1)C(C(=O)NCc1ccccc1)c1ccc(F)cc1)c1ccccn1. The number of nitrogens with one attached hydrogen (secondary N) is 2. The van der Waals surface area contributed by atoms with E-state index < -0.39 is 23.7 Å². The van der Waals surface area contributed by atoms with Crippen LogP contribution in [0.5, 0.6) is 0 Å². The van der Waals surface area contributed by atoms with Gasteiger partial charge in [-0.3, -0.25) is 14.6 Å². The number of nitrogens with zero attached hydrogens (tertiary/aromatic N) is 1. The molecule has 0 saturated heterocycles. The molecule has 0 radical (unpaired) electrons. The second kappa shape index (κ2) is 10.4. The van der Waals surface area contributed by atoms with Gasteiger partial charge in [-0.2, -0.15) is 0 Å².